The van der Waals surface area contributed by atoms with Crippen molar-refractivity contribution in [1.29, 1.82) is 0 Å². The van der Waals surface area contributed by atoms with Gasteiger partial charge in [-0.1, -0.05) is 0 Å². The lowest BCUT2D eigenvalue weighted by Gasteiger charge is -2.12. The van der Waals surface area contributed by atoms with E-state index in [2.05, 4.69) is 0 Å². The van der Waals surface area contributed by atoms with Gasteiger partial charge in [0.15, 0.2) is 0 Å². The molecule has 0 amide bonds. The summed E-state index contributed by atoms with van der Waals surface area (Å²) in [6.07, 6.45) is 3.03. The zero-order chi connectivity index (χ0) is 7.14. The number of carbonyl (C=O) groups is 1. The number of carboxylic acids is 1. The average molecular weight is 142 g/mol. The molecule has 1 unspecified atom stereocenters. The molecule has 3 heteroatoms. The van der Waals surface area contributed by atoms with E-state index in [0.717, 1.165) is 19.3 Å². The average Bonchev–Trinajstić information content (AvgIpc) is 2.44. The molecule has 0 aromatic carbocycles. The van der Waals surface area contributed by atoms with E-state index in [4.69, 9.17) is 9.84 Å². The molecule has 3 nitrogen and oxygen atoms in total. The van der Waals surface area contributed by atoms with Gasteiger partial charge >= 0.3 is 5.97 Å². The van der Waals surface area contributed by atoms with Crippen molar-refractivity contribution in [1.82, 2.24) is 0 Å². The number of hydrogen-bond acceptors (Lipinski definition) is 2. The molecule has 2 heterocycles. The number of rotatable bonds is 1. The Hall–Kier alpha value is -0.570. The van der Waals surface area contributed by atoms with Crippen LogP contribution in [0.3, 0.4) is 0 Å². The Labute approximate surface area is 59.0 Å². The van der Waals surface area contributed by atoms with E-state index in [9.17, 15) is 4.79 Å². The van der Waals surface area contributed by atoms with E-state index in [1.165, 1.54) is 0 Å². The Morgan fingerprint density at radius 3 is 2.60 bits per heavy atom. The van der Waals surface area contributed by atoms with E-state index in [-0.39, 0.29) is 18.1 Å². The normalized spacial score (nSPS) is 44.2. The van der Waals surface area contributed by atoms with Crippen molar-refractivity contribution >= 4 is 5.97 Å². The smallest absolute Gasteiger partial charge is 0.309 e. The summed E-state index contributed by atoms with van der Waals surface area (Å²) < 4.78 is 5.37. The second-order valence-corrected chi connectivity index (χ2v) is 3.05. The fraction of sp³-hybridized carbons (Fsp3) is 0.857. The number of aliphatic carboxylic acids is 1. The van der Waals surface area contributed by atoms with Crippen LogP contribution in [0.4, 0.5) is 0 Å². The first-order valence-electron chi connectivity index (χ1n) is 3.65. The summed E-state index contributed by atoms with van der Waals surface area (Å²) >= 11 is 0. The Morgan fingerprint density at radius 2 is 2.30 bits per heavy atom. The van der Waals surface area contributed by atoms with E-state index in [1.54, 1.807) is 0 Å². The van der Waals surface area contributed by atoms with E-state index in [0.29, 0.717) is 0 Å². The first kappa shape index (κ1) is 6.16. The van der Waals surface area contributed by atoms with Gasteiger partial charge in [0, 0.05) is 0 Å². The van der Waals surface area contributed by atoms with Gasteiger partial charge in [0.25, 0.3) is 0 Å². The molecule has 3 atom stereocenters. The minimum atomic E-state index is -0.688. The van der Waals surface area contributed by atoms with Gasteiger partial charge in [-0.05, 0) is 19.3 Å². The summed E-state index contributed by atoms with van der Waals surface area (Å²) in [4.78, 5) is 10.5. The summed E-state index contributed by atoms with van der Waals surface area (Å²) in [5, 5.41) is 8.66. The van der Waals surface area contributed by atoms with Gasteiger partial charge in [-0.2, -0.15) is 0 Å². The standard InChI is InChI=1S/C7H10O3/c8-7(9)5-3-4-1-2-6(5)10-4/h4-6H,1-3H2,(H,8,9)/t4-,5+,6?/m1/s1. The van der Waals surface area contributed by atoms with Gasteiger partial charge in [-0.3, -0.25) is 4.79 Å². The van der Waals surface area contributed by atoms with Crippen LogP contribution >= 0.6 is 0 Å². The van der Waals surface area contributed by atoms with Gasteiger partial charge in [-0.15, -0.1) is 0 Å². The highest BCUT2D eigenvalue weighted by Gasteiger charge is 2.44. The van der Waals surface area contributed by atoms with Gasteiger partial charge in [0.05, 0.1) is 18.1 Å². The van der Waals surface area contributed by atoms with Crippen LogP contribution < -0.4 is 0 Å². The highest BCUT2D eigenvalue weighted by molar-refractivity contribution is 5.71. The molecule has 56 valence electrons. The number of carboxylic acid groups (broad SMARTS) is 1. The van der Waals surface area contributed by atoms with Crippen molar-refractivity contribution in [3.05, 3.63) is 0 Å². The van der Waals surface area contributed by atoms with E-state index >= 15 is 0 Å². The van der Waals surface area contributed by atoms with Crippen molar-refractivity contribution in [3.8, 4) is 0 Å². The van der Waals surface area contributed by atoms with Crippen LogP contribution in [0.15, 0.2) is 0 Å². The quantitative estimate of drug-likeness (QED) is 0.584. The number of hydrogen-bond donors (Lipinski definition) is 1. The summed E-state index contributed by atoms with van der Waals surface area (Å²) in [6, 6.07) is 0. The largest absolute Gasteiger partial charge is 0.481 e. The third kappa shape index (κ3) is 0.736. The van der Waals surface area contributed by atoms with Crippen LogP contribution in [0.5, 0.6) is 0 Å². The second-order valence-electron chi connectivity index (χ2n) is 3.05. The molecular weight excluding hydrogens is 132 g/mol. The van der Waals surface area contributed by atoms with Gasteiger partial charge < -0.3 is 9.84 Å². The first-order valence-corrected chi connectivity index (χ1v) is 3.65. The van der Waals surface area contributed by atoms with Gasteiger partial charge in [0.2, 0.25) is 0 Å². The molecule has 0 radical (unpaired) electrons. The Kier molecular flexibility index (Phi) is 1.20. The lowest BCUT2D eigenvalue weighted by atomic mass is 9.89. The lowest BCUT2D eigenvalue weighted by molar-refractivity contribution is -0.143. The predicted molar refractivity (Wildman–Crippen MR) is 33.6 cm³/mol. The SMILES string of the molecule is O=C(O)[C@H]1C[C@H]2CCC1O2. The van der Waals surface area contributed by atoms with Crippen molar-refractivity contribution in [2.45, 2.75) is 31.5 Å². The summed E-state index contributed by atoms with van der Waals surface area (Å²) in [6.45, 7) is 0. The van der Waals surface area contributed by atoms with Crippen LogP contribution in [0, 0.1) is 5.92 Å². The monoisotopic (exact) mass is 142 g/mol. The third-order valence-electron chi connectivity index (χ3n) is 2.42. The van der Waals surface area contributed by atoms with Crippen molar-refractivity contribution in [2.75, 3.05) is 0 Å². The maximum absolute atomic E-state index is 10.5. The van der Waals surface area contributed by atoms with Crippen molar-refractivity contribution < 1.29 is 14.6 Å². The van der Waals surface area contributed by atoms with E-state index < -0.39 is 5.97 Å². The van der Waals surface area contributed by atoms with Gasteiger partial charge in [-0.25, -0.2) is 0 Å². The molecule has 0 saturated carbocycles. The molecule has 2 fully saturated rings. The molecule has 1 N–H and O–H groups in total. The molecule has 0 aromatic rings. The third-order valence-corrected chi connectivity index (χ3v) is 2.42. The van der Waals surface area contributed by atoms with Crippen LogP contribution in [0.25, 0.3) is 0 Å². The Bertz CT molecular complexity index is 166. The molecule has 2 bridgehead atoms. The molecule has 10 heavy (non-hydrogen) atoms. The zero-order valence-electron chi connectivity index (χ0n) is 5.62. The van der Waals surface area contributed by atoms with E-state index in [1.807, 2.05) is 0 Å². The molecule has 0 aromatic heterocycles. The summed E-state index contributed by atoms with van der Waals surface area (Å²) in [7, 11) is 0. The molecule has 2 aliphatic rings. The highest BCUT2D eigenvalue weighted by atomic mass is 16.5. The topological polar surface area (TPSA) is 46.5 Å². The summed E-state index contributed by atoms with van der Waals surface area (Å²) in [5.41, 5.74) is 0. The first-order chi connectivity index (χ1) is 4.77. The number of ether oxygens (including phenoxy) is 1. The second kappa shape index (κ2) is 1.95. The van der Waals surface area contributed by atoms with Crippen LogP contribution in [-0.2, 0) is 9.53 Å². The number of fused-ring (bicyclic) bond motifs is 2. The predicted octanol–water partition coefficient (Wildman–Crippen LogP) is 0.639. The molecule has 0 aliphatic carbocycles. The van der Waals surface area contributed by atoms with Crippen LogP contribution in [-0.4, -0.2) is 23.3 Å². The highest BCUT2D eigenvalue weighted by Crippen LogP contribution is 2.38. The lowest BCUT2D eigenvalue weighted by Crippen LogP contribution is -2.24. The molecule has 2 rings (SSSR count). The maximum atomic E-state index is 10.5. The van der Waals surface area contributed by atoms with Crippen LogP contribution in [0.2, 0.25) is 0 Å². The Morgan fingerprint density at radius 1 is 1.50 bits per heavy atom. The molecule has 2 saturated heterocycles. The zero-order valence-corrected chi connectivity index (χ0v) is 5.62. The van der Waals surface area contributed by atoms with Crippen molar-refractivity contribution in [3.63, 3.8) is 0 Å². The minimum Gasteiger partial charge on any atom is -0.481 e. The van der Waals surface area contributed by atoms with Gasteiger partial charge in [0.1, 0.15) is 0 Å². The minimum absolute atomic E-state index is 0.0301. The molecule has 0 spiro atoms. The fourth-order valence-corrected chi connectivity index (χ4v) is 1.90. The summed E-state index contributed by atoms with van der Waals surface area (Å²) in [5.74, 6) is -0.897. The van der Waals surface area contributed by atoms with Crippen molar-refractivity contribution in [2.24, 2.45) is 5.92 Å². The van der Waals surface area contributed by atoms with Crippen LogP contribution in [0.1, 0.15) is 19.3 Å². The Balaban J connectivity index is 2.08. The molecule has 2 aliphatic heterocycles. The molecular formula is C7H10O3. The fourth-order valence-electron chi connectivity index (χ4n) is 1.90. The maximum Gasteiger partial charge on any atom is 0.309 e.